The number of halogens is 1. The zero-order valence-electron chi connectivity index (χ0n) is 16.3. The number of hydrogen-bond acceptors (Lipinski definition) is 3. The molecule has 4 nitrogen and oxygen atoms in total. The molecule has 0 aromatic heterocycles. The molecule has 1 aliphatic heterocycles. The Balaban J connectivity index is 1.77. The van der Waals surface area contributed by atoms with E-state index in [9.17, 15) is 9.18 Å². The van der Waals surface area contributed by atoms with Gasteiger partial charge in [0.1, 0.15) is 23.8 Å². The second-order valence-corrected chi connectivity index (χ2v) is 7.86. The van der Waals surface area contributed by atoms with E-state index < -0.39 is 11.7 Å². The van der Waals surface area contributed by atoms with Crippen LogP contribution in [0.2, 0.25) is 0 Å². The van der Waals surface area contributed by atoms with Crippen LogP contribution in [0.25, 0.3) is 0 Å². The molecule has 0 N–H and O–H groups in total. The average Bonchev–Trinajstić information content (AvgIpc) is 2.62. The van der Waals surface area contributed by atoms with Gasteiger partial charge in [-0.05, 0) is 50.8 Å². The summed E-state index contributed by atoms with van der Waals surface area (Å²) in [5.74, 6) is 0.216. The van der Waals surface area contributed by atoms with Gasteiger partial charge in [-0.15, -0.1) is 0 Å². The summed E-state index contributed by atoms with van der Waals surface area (Å²) in [7, 11) is 0. The molecule has 0 spiro atoms. The number of nitrogens with zero attached hydrogens (tertiary/aromatic N) is 1. The molecule has 1 amide bonds. The summed E-state index contributed by atoms with van der Waals surface area (Å²) >= 11 is 0. The maximum absolute atomic E-state index is 14.8. The smallest absolute Gasteiger partial charge is 0.410 e. The molecule has 0 fully saturated rings. The van der Waals surface area contributed by atoms with Crippen molar-refractivity contribution in [2.45, 2.75) is 52.9 Å². The number of benzene rings is 2. The third-order valence-corrected chi connectivity index (χ3v) is 4.60. The van der Waals surface area contributed by atoms with E-state index in [0.29, 0.717) is 30.9 Å². The highest BCUT2D eigenvalue weighted by molar-refractivity contribution is 5.69. The number of carbonyl (C=O) groups is 1. The van der Waals surface area contributed by atoms with E-state index in [1.54, 1.807) is 4.90 Å². The second-order valence-electron chi connectivity index (χ2n) is 7.86. The highest BCUT2D eigenvalue weighted by atomic mass is 19.1. The van der Waals surface area contributed by atoms with Gasteiger partial charge < -0.3 is 14.4 Å². The van der Waals surface area contributed by atoms with E-state index in [1.165, 1.54) is 6.07 Å². The molecule has 27 heavy (non-hydrogen) atoms. The molecule has 0 radical (unpaired) electrons. The SMILES string of the molecule is Cc1c(OCc2ccccc2)cc(F)c2c1CCN(C(=O)OC(C)(C)C)C2. The van der Waals surface area contributed by atoms with E-state index in [1.807, 2.05) is 58.0 Å². The van der Waals surface area contributed by atoms with Gasteiger partial charge >= 0.3 is 6.09 Å². The first-order chi connectivity index (χ1) is 12.7. The largest absolute Gasteiger partial charge is 0.489 e. The first-order valence-electron chi connectivity index (χ1n) is 9.20. The van der Waals surface area contributed by atoms with Gasteiger partial charge in [0.2, 0.25) is 0 Å². The fraction of sp³-hybridized carbons (Fsp3) is 0.409. The number of fused-ring (bicyclic) bond motifs is 1. The predicted molar refractivity (Wildman–Crippen MR) is 102 cm³/mol. The Hall–Kier alpha value is -2.56. The average molecular weight is 371 g/mol. The summed E-state index contributed by atoms with van der Waals surface area (Å²) in [4.78, 5) is 13.9. The van der Waals surface area contributed by atoms with Crippen molar-refractivity contribution in [1.29, 1.82) is 0 Å². The van der Waals surface area contributed by atoms with Crippen molar-refractivity contribution < 1.29 is 18.7 Å². The van der Waals surface area contributed by atoms with Gasteiger partial charge in [0.25, 0.3) is 0 Å². The number of hydrogen-bond donors (Lipinski definition) is 0. The number of carbonyl (C=O) groups excluding carboxylic acids is 1. The minimum Gasteiger partial charge on any atom is -0.489 e. The lowest BCUT2D eigenvalue weighted by Crippen LogP contribution is -2.40. The quantitative estimate of drug-likeness (QED) is 0.762. The van der Waals surface area contributed by atoms with Crippen molar-refractivity contribution in [2.24, 2.45) is 0 Å². The van der Waals surface area contributed by atoms with Crippen LogP contribution in [-0.2, 0) is 24.3 Å². The monoisotopic (exact) mass is 371 g/mol. The summed E-state index contributed by atoms with van der Waals surface area (Å²) in [5.41, 5.74) is 2.88. The van der Waals surface area contributed by atoms with Gasteiger partial charge in [-0.3, -0.25) is 0 Å². The number of amides is 1. The van der Waals surface area contributed by atoms with E-state index in [4.69, 9.17) is 9.47 Å². The zero-order chi connectivity index (χ0) is 19.6. The van der Waals surface area contributed by atoms with Crippen LogP contribution in [-0.4, -0.2) is 23.1 Å². The molecule has 144 valence electrons. The van der Waals surface area contributed by atoms with Crippen molar-refractivity contribution in [3.8, 4) is 5.75 Å². The molecule has 2 aromatic carbocycles. The minimum absolute atomic E-state index is 0.218. The fourth-order valence-corrected chi connectivity index (χ4v) is 3.22. The van der Waals surface area contributed by atoms with Crippen molar-refractivity contribution in [3.63, 3.8) is 0 Å². The van der Waals surface area contributed by atoms with Crippen molar-refractivity contribution in [3.05, 3.63) is 64.5 Å². The Labute approximate surface area is 159 Å². The van der Waals surface area contributed by atoms with Crippen LogP contribution >= 0.6 is 0 Å². The minimum atomic E-state index is -0.568. The summed E-state index contributed by atoms with van der Waals surface area (Å²) in [5, 5.41) is 0. The van der Waals surface area contributed by atoms with E-state index in [-0.39, 0.29) is 12.4 Å². The lowest BCUT2D eigenvalue weighted by molar-refractivity contribution is 0.0221. The molecule has 0 atom stereocenters. The Morgan fingerprint density at radius 2 is 1.89 bits per heavy atom. The molecule has 5 heteroatoms. The van der Waals surface area contributed by atoms with Crippen LogP contribution in [0, 0.1) is 12.7 Å². The molecule has 0 unspecified atom stereocenters. The van der Waals surface area contributed by atoms with Gasteiger partial charge in [-0.1, -0.05) is 30.3 Å². The highest BCUT2D eigenvalue weighted by Crippen LogP contribution is 2.32. The summed E-state index contributed by atoms with van der Waals surface area (Å²) < 4.78 is 26.0. The molecule has 1 aliphatic rings. The highest BCUT2D eigenvalue weighted by Gasteiger charge is 2.29. The summed E-state index contributed by atoms with van der Waals surface area (Å²) in [6.07, 6.45) is 0.175. The molecule has 1 heterocycles. The first-order valence-corrected chi connectivity index (χ1v) is 9.20. The van der Waals surface area contributed by atoms with Crippen molar-refractivity contribution in [1.82, 2.24) is 4.90 Å². The van der Waals surface area contributed by atoms with Gasteiger partial charge in [0, 0.05) is 18.2 Å². The third kappa shape index (κ3) is 4.59. The topological polar surface area (TPSA) is 38.8 Å². The van der Waals surface area contributed by atoms with E-state index in [0.717, 1.165) is 16.7 Å². The summed E-state index contributed by atoms with van der Waals surface area (Å²) in [6, 6.07) is 11.2. The standard InChI is InChI=1S/C22H26FNO3/c1-15-17-10-11-24(21(25)27-22(2,3)4)13-18(17)19(23)12-20(15)26-14-16-8-6-5-7-9-16/h5-9,12H,10-11,13-14H2,1-4H3. The molecule has 0 bridgehead atoms. The number of ether oxygens (including phenoxy) is 2. The predicted octanol–water partition coefficient (Wildman–Crippen LogP) is 5.01. The molecule has 0 aliphatic carbocycles. The third-order valence-electron chi connectivity index (χ3n) is 4.60. The van der Waals surface area contributed by atoms with Crippen LogP contribution in [0.1, 0.15) is 43.0 Å². The normalized spacial score (nSPS) is 13.9. The van der Waals surface area contributed by atoms with Crippen molar-refractivity contribution in [2.75, 3.05) is 6.54 Å². The Bertz CT molecular complexity index is 828. The van der Waals surface area contributed by atoms with Crippen LogP contribution < -0.4 is 4.74 Å². The van der Waals surface area contributed by atoms with Gasteiger partial charge in [0.15, 0.2) is 0 Å². The lowest BCUT2D eigenvalue weighted by Gasteiger charge is -2.32. The summed E-state index contributed by atoms with van der Waals surface area (Å²) in [6.45, 7) is 8.53. The molecule has 0 saturated heterocycles. The second kappa shape index (κ2) is 7.59. The first kappa shape index (κ1) is 19.2. The molecule has 2 aromatic rings. The lowest BCUT2D eigenvalue weighted by atomic mass is 9.94. The maximum Gasteiger partial charge on any atom is 0.410 e. The van der Waals surface area contributed by atoms with E-state index >= 15 is 0 Å². The van der Waals surface area contributed by atoms with Gasteiger partial charge in [0.05, 0.1) is 6.54 Å². The van der Waals surface area contributed by atoms with Crippen LogP contribution in [0.3, 0.4) is 0 Å². The van der Waals surface area contributed by atoms with Crippen LogP contribution in [0.5, 0.6) is 5.75 Å². The maximum atomic E-state index is 14.8. The van der Waals surface area contributed by atoms with Crippen molar-refractivity contribution >= 4 is 6.09 Å². The molecular formula is C22H26FNO3. The van der Waals surface area contributed by atoms with Gasteiger partial charge in [-0.2, -0.15) is 0 Å². The molecule has 3 rings (SSSR count). The van der Waals surface area contributed by atoms with Crippen LogP contribution in [0.4, 0.5) is 9.18 Å². The Kier molecular flexibility index (Phi) is 5.40. The van der Waals surface area contributed by atoms with Crippen LogP contribution in [0.15, 0.2) is 36.4 Å². The van der Waals surface area contributed by atoms with E-state index in [2.05, 4.69) is 0 Å². The Morgan fingerprint density at radius 1 is 1.19 bits per heavy atom. The molecule has 0 saturated carbocycles. The zero-order valence-corrected chi connectivity index (χ0v) is 16.3. The fourth-order valence-electron chi connectivity index (χ4n) is 3.22. The van der Waals surface area contributed by atoms with Gasteiger partial charge in [-0.25, -0.2) is 9.18 Å². The number of rotatable bonds is 3. The Morgan fingerprint density at radius 3 is 2.56 bits per heavy atom. The molecular weight excluding hydrogens is 345 g/mol.